The lowest BCUT2D eigenvalue weighted by atomic mass is 10.1. The highest BCUT2D eigenvalue weighted by Crippen LogP contribution is 2.33. The van der Waals surface area contributed by atoms with Gasteiger partial charge in [-0.25, -0.2) is 8.78 Å². The van der Waals surface area contributed by atoms with Crippen LogP contribution < -0.4 is 10.2 Å². The van der Waals surface area contributed by atoms with Crippen LogP contribution in [0.3, 0.4) is 0 Å². The molecule has 0 aromatic heterocycles. The highest BCUT2D eigenvalue weighted by Gasteiger charge is 2.22. The van der Waals surface area contributed by atoms with Gasteiger partial charge in [-0.2, -0.15) is 0 Å². The topological polar surface area (TPSA) is 15.3 Å². The normalized spacial score (nSPS) is 20.3. The van der Waals surface area contributed by atoms with Gasteiger partial charge in [0.05, 0.1) is 11.4 Å². The largest absolute Gasteiger partial charge is 0.379 e. The first-order valence-electron chi connectivity index (χ1n) is 4.55. The summed E-state index contributed by atoms with van der Waals surface area (Å²) in [5, 5.41) is 2.95. The highest BCUT2D eigenvalue weighted by molar-refractivity contribution is 5.73. The van der Waals surface area contributed by atoms with Crippen LogP contribution in [-0.2, 0) is 0 Å². The molecule has 1 heterocycles. The maximum absolute atomic E-state index is 13.3. The number of hydrogen-bond acceptors (Lipinski definition) is 2. The lowest BCUT2D eigenvalue weighted by Crippen LogP contribution is -2.39. The first-order valence-corrected chi connectivity index (χ1v) is 4.55. The van der Waals surface area contributed by atoms with E-state index in [1.165, 1.54) is 6.07 Å². The fourth-order valence-electron chi connectivity index (χ4n) is 1.64. The maximum atomic E-state index is 13.3. The van der Waals surface area contributed by atoms with Crippen molar-refractivity contribution in [2.24, 2.45) is 0 Å². The van der Waals surface area contributed by atoms with Crippen molar-refractivity contribution in [1.29, 1.82) is 0 Å². The van der Waals surface area contributed by atoms with Crippen LogP contribution in [0.15, 0.2) is 12.1 Å². The molecule has 4 heteroatoms. The molecule has 14 heavy (non-hydrogen) atoms. The van der Waals surface area contributed by atoms with E-state index in [1.807, 2.05) is 18.9 Å². The van der Waals surface area contributed by atoms with Crippen LogP contribution in [0.2, 0.25) is 0 Å². The smallest absolute Gasteiger partial charge is 0.151 e. The molecular formula is C10H12F2N2. The van der Waals surface area contributed by atoms with E-state index in [0.717, 1.165) is 6.07 Å². The van der Waals surface area contributed by atoms with Gasteiger partial charge in [-0.1, -0.05) is 0 Å². The highest BCUT2D eigenvalue weighted by atomic mass is 19.1. The minimum Gasteiger partial charge on any atom is -0.379 e. The third-order valence-corrected chi connectivity index (χ3v) is 2.65. The van der Waals surface area contributed by atoms with Gasteiger partial charge < -0.3 is 10.2 Å². The standard InChI is InChI=1S/C10H12F2N2/c1-6-5-13-10-8(12)3-7(11)4-9(10)14(6)2/h3-4,6,13H,5H2,1-2H3. The lowest BCUT2D eigenvalue weighted by Gasteiger charge is -2.34. The van der Waals surface area contributed by atoms with E-state index >= 15 is 0 Å². The third-order valence-electron chi connectivity index (χ3n) is 2.65. The number of nitrogens with zero attached hydrogens (tertiary/aromatic N) is 1. The zero-order chi connectivity index (χ0) is 10.3. The average Bonchev–Trinajstić information content (AvgIpc) is 2.12. The van der Waals surface area contributed by atoms with Crippen molar-refractivity contribution < 1.29 is 8.78 Å². The van der Waals surface area contributed by atoms with E-state index < -0.39 is 11.6 Å². The molecule has 76 valence electrons. The van der Waals surface area contributed by atoms with Gasteiger partial charge >= 0.3 is 0 Å². The summed E-state index contributed by atoms with van der Waals surface area (Å²) in [6, 6.07) is 2.49. The summed E-state index contributed by atoms with van der Waals surface area (Å²) in [6.45, 7) is 2.67. The first kappa shape index (κ1) is 9.24. The van der Waals surface area contributed by atoms with Gasteiger partial charge in [-0.15, -0.1) is 0 Å². The summed E-state index contributed by atoms with van der Waals surface area (Å²) in [5.41, 5.74) is 0.980. The van der Waals surface area contributed by atoms with E-state index in [0.29, 0.717) is 17.9 Å². The Balaban J connectivity index is 2.54. The Bertz CT molecular complexity index is 365. The summed E-state index contributed by atoms with van der Waals surface area (Å²) in [4.78, 5) is 1.87. The van der Waals surface area contributed by atoms with Crippen molar-refractivity contribution in [2.75, 3.05) is 23.8 Å². The van der Waals surface area contributed by atoms with E-state index in [2.05, 4.69) is 5.32 Å². The second-order valence-electron chi connectivity index (χ2n) is 3.62. The van der Waals surface area contributed by atoms with E-state index in [4.69, 9.17) is 0 Å². The van der Waals surface area contributed by atoms with Crippen LogP contribution in [0, 0.1) is 11.6 Å². The Morgan fingerprint density at radius 3 is 2.86 bits per heavy atom. The summed E-state index contributed by atoms with van der Waals surface area (Å²) < 4.78 is 26.3. The molecule has 0 bridgehead atoms. The van der Waals surface area contributed by atoms with Crippen LogP contribution in [0.5, 0.6) is 0 Å². The predicted molar refractivity (Wildman–Crippen MR) is 52.7 cm³/mol. The molecule has 1 aliphatic rings. The lowest BCUT2D eigenvalue weighted by molar-refractivity contribution is 0.576. The molecular weight excluding hydrogens is 186 g/mol. The Kier molecular flexibility index (Phi) is 2.06. The molecule has 0 spiro atoms. The molecule has 1 aromatic carbocycles. The van der Waals surface area contributed by atoms with Gasteiger partial charge in [0.15, 0.2) is 5.82 Å². The first-order chi connectivity index (χ1) is 6.59. The number of rotatable bonds is 0. The number of halogens is 2. The molecule has 1 aliphatic heterocycles. The van der Waals surface area contributed by atoms with Crippen LogP contribution in [-0.4, -0.2) is 19.6 Å². The molecule has 0 fully saturated rings. The summed E-state index contributed by atoms with van der Waals surface area (Å²) in [6.07, 6.45) is 0. The van der Waals surface area contributed by atoms with E-state index in [1.54, 1.807) is 0 Å². The fraction of sp³-hybridized carbons (Fsp3) is 0.400. The number of benzene rings is 1. The van der Waals surface area contributed by atoms with Gasteiger partial charge in [0, 0.05) is 25.7 Å². The molecule has 2 rings (SSSR count). The number of fused-ring (bicyclic) bond motifs is 1. The third kappa shape index (κ3) is 1.31. The Morgan fingerprint density at radius 1 is 1.43 bits per heavy atom. The fourth-order valence-corrected chi connectivity index (χ4v) is 1.64. The Labute approximate surface area is 81.5 Å². The summed E-state index contributed by atoms with van der Waals surface area (Å²) in [5.74, 6) is -1.07. The minimum absolute atomic E-state index is 0.240. The van der Waals surface area contributed by atoms with Crippen molar-refractivity contribution in [3.05, 3.63) is 23.8 Å². The molecule has 0 aliphatic carbocycles. The number of anilines is 2. The van der Waals surface area contributed by atoms with Crippen LogP contribution in [0.25, 0.3) is 0 Å². The Hall–Kier alpha value is -1.32. The molecule has 0 radical (unpaired) electrons. The van der Waals surface area contributed by atoms with Crippen molar-refractivity contribution in [3.8, 4) is 0 Å². The average molecular weight is 198 g/mol. The van der Waals surface area contributed by atoms with Gasteiger partial charge in [-0.05, 0) is 13.0 Å². The second-order valence-corrected chi connectivity index (χ2v) is 3.62. The molecule has 0 saturated heterocycles. The zero-order valence-corrected chi connectivity index (χ0v) is 8.14. The molecule has 1 N–H and O–H groups in total. The van der Waals surface area contributed by atoms with E-state index in [-0.39, 0.29) is 6.04 Å². The van der Waals surface area contributed by atoms with Gasteiger partial charge in [0.1, 0.15) is 5.82 Å². The number of hydrogen-bond donors (Lipinski definition) is 1. The monoisotopic (exact) mass is 198 g/mol. The van der Waals surface area contributed by atoms with Crippen molar-refractivity contribution >= 4 is 11.4 Å². The summed E-state index contributed by atoms with van der Waals surface area (Å²) in [7, 11) is 1.84. The molecule has 1 unspecified atom stereocenters. The molecule has 1 aromatic rings. The minimum atomic E-state index is -0.538. The zero-order valence-electron chi connectivity index (χ0n) is 8.14. The van der Waals surface area contributed by atoms with Gasteiger partial charge in [0.2, 0.25) is 0 Å². The van der Waals surface area contributed by atoms with Crippen molar-refractivity contribution in [2.45, 2.75) is 13.0 Å². The second kappa shape index (κ2) is 3.12. The van der Waals surface area contributed by atoms with Crippen LogP contribution in [0.4, 0.5) is 20.2 Å². The molecule has 1 atom stereocenters. The summed E-state index contributed by atoms with van der Waals surface area (Å²) >= 11 is 0. The van der Waals surface area contributed by atoms with Gasteiger partial charge in [-0.3, -0.25) is 0 Å². The van der Waals surface area contributed by atoms with Crippen molar-refractivity contribution in [1.82, 2.24) is 0 Å². The quantitative estimate of drug-likeness (QED) is 0.687. The number of likely N-dealkylation sites (N-methyl/N-ethyl adjacent to an activating group) is 1. The molecule has 0 saturated carbocycles. The Morgan fingerprint density at radius 2 is 2.14 bits per heavy atom. The SMILES string of the molecule is CC1CNc2c(F)cc(F)cc2N1C. The van der Waals surface area contributed by atoms with Gasteiger partial charge in [0.25, 0.3) is 0 Å². The van der Waals surface area contributed by atoms with E-state index in [9.17, 15) is 8.78 Å². The van der Waals surface area contributed by atoms with Crippen LogP contribution >= 0.6 is 0 Å². The van der Waals surface area contributed by atoms with Crippen molar-refractivity contribution in [3.63, 3.8) is 0 Å². The van der Waals surface area contributed by atoms with Crippen LogP contribution in [0.1, 0.15) is 6.92 Å². The number of nitrogens with one attached hydrogen (secondary N) is 1. The molecule has 0 amide bonds. The maximum Gasteiger partial charge on any atom is 0.151 e. The predicted octanol–water partition coefficient (Wildman–Crippen LogP) is 2.21. The molecule has 2 nitrogen and oxygen atoms in total.